The third kappa shape index (κ3) is 4.33. The summed E-state index contributed by atoms with van der Waals surface area (Å²) in [5, 5.41) is 13.6. The van der Waals surface area contributed by atoms with Crippen molar-refractivity contribution >= 4 is 40.0 Å². The van der Waals surface area contributed by atoms with Crippen molar-refractivity contribution in [2.75, 3.05) is 24.7 Å². The maximum absolute atomic E-state index is 12.2. The lowest BCUT2D eigenvalue weighted by atomic mass is 10.1. The van der Waals surface area contributed by atoms with Gasteiger partial charge in [0.2, 0.25) is 0 Å². The largest absolute Gasteiger partial charge is 0.396 e. The number of halogens is 1. The van der Waals surface area contributed by atoms with Crippen molar-refractivity contribution < 1.29 is 9.90 Å². The number of aromatic nitrogens is 1. The second-order valence-electron chi connectivity index (χ2n) is 4.45. The Labute approximate surface area is 132 Å². The summed E-state index contributed by atoms with van der Waals surface area (Å²) in [6, 6.07) is 7.47. The van der Waals surface area contributed by atoms with E-state index in [4.69, 9.17) is 16.7 Å². The van der Waals surface area contributed by atoms with Crippen molar-refractivity contribution in [1.82, 2.24) is 10.3 Å². The fraction of sp³-hybridized carbons (Fsp3) is 0.333. The highest BCUT2D eigenvalue weighted by Crippen LogP contribution is 2.24. The Hall–Kier alpha value is -1.30. The molecule has 0 aliphatic heterocycles. The summed E-state index contributed by atoms with van der Waals surface area (Å²) in [7, 11) is 0. The van der Waals surface area contributed by atoms with Crippen LogP contribution in [0.4, 0.5) is 0 Å². The number of thioether (sulfide) groups is 1. The molecule has 0 aliphatic rings. The van der Waals surface area contributed by atoms with Gasteiger partial charge in [0.05, 0.1) is 5.56 Å². The predicted octanol–water partition coefficient (Wildman–Crippen LogP) is 2.73. The van der Waals surface area contributed by atoms with Gasteiger partial charge in [0.15, 0.2) is 0 Å². The molecular weight excluding hydrogens is 308 g/mol. The monoisotopic (exact) mass is 324 g/mol. The molecule has 0 fully saturated rings. The molecule has 2 rings (SSSR count). The highest BCUT2D eigenvalue weighted by Gasteiger charge is 2.12. The Bertz CT molecular complexity index is 622. The molecule has 1 heterocycles. The average Bonchev–Trinajstić information content (AvgIpc) is 2.51. The molecule has 0 radical (unpaired) electrons. The van der Waals surface area contributed by atoms with Crippen molar-refractivity contribution in [1.29, 1.82) is 0 Å². The molecule has 1 aromatic heterocycles. The smallest absolute Gasteiger partial charge is 0.253 e. The summed E-state index contributed by atoms with van der Waals surface area (Å²) in [4.78, 5) is 16.3. The highest BCUT2D eigenvalue weighted by atomic mass is 35.5. The lowest BCUT2D eigenvalue weighted by Crippen LogP contribution is -2.26. The van der Waals surface area contributed by atoms with E-state index in [0.29, 0.717) is 17.3 Å². The maximum Gasteiger partial charge on any atom is 0.253 e. The summed E-state index contributed by atoms with van der Waals surface area (Å²) in [5.74, 6) is 1.58. The van der Waals surface area contributed by atoms with Gasteiger partial charge in [-0.3, -0.25) is 4.79 Å². The Kier molecular flexibility index (Phi) is 6.29. The molecule has 0 aliphatic carbocycles. The van der Waals surface area contributed by atoms with Crippen LogP contribution in [0.25, 0.3) is 10.8 Å². The van der Waals surface area contributed by atoms with Crippen LogP contribution in [0, 0.1) is 0 Å². The van der Waals surface area contributed by atoms with Gasteiger partial charge in [-0.05, 0) is 17.6 Å². The van der Waals surface area contributed by atoms with Gasteiger partial charge in [-0.15, -0.1) is 0 Å². The molecular formula is C15H17ClN2O2S. The zero-order valence-corrected chi connectivity index (χ0v) is 13.1. The predicted molar refractivity (Wildman–Crippen MR) is 88.1 cm³/mol. The van der Waals surface area contributed by atoms with Crippen LogP contribution in [0.3, 0.4) is 0 Å². The number of fused-ring (bicyclic) bond motifs is 1. The molecule has 0 atom stereocenters. The van der Waals surface area contributed by atoms with Crippen LogP contribution >= 0.6 is 23.4 Å². The number of rotatable bonds is 7. The number of hydrogen-bond donors (Lipinski definition) is 2. The number of hydrogen-bond acceptors (Lipinski definition) is 4. The summed E-state index contributed by atoms with van der Waals surface area (Å²) >= 11 is 7.75. The van der Waals surface area contributed by atoms with E-state index in [9.17, 15) is 4.79 Å². The van der Waals surface area contributed by atoms with Gasteiger partial charge in [-0.1, -0.05) is 35.9 Å². The van der Waals surface area contributed by atoms with Crippen LogP contribution in [0.2, 0.25) is 5.15 Å². The Morgan fingerprint density at radius 3 is 2.81 bits per heavy atom. The second kappa shape index (κ2) is 8.22. The molecule has 6 heteroatoms. The van der Waals surface area contributed by atoms with E-state index in [-0.39, 0.29) is 12.5 Å². The molecule has 0 bridgehead atoms. The first-order chi connectivity index (χ1) is 10.2. The van der Waals surface area contributed by atoms with Crippen LogP contribution in [-0.4, -0.2) is 40.7 Å². The summed E-state index contributed by atoms with van der Waals surface area (Å²) in [6.07, 6.45) is 2.29. The Morgan fingerprint density at radius 1 is 1.29 bits per heavy atom. The first kappa shape index (κ1) is 16.1. The maximum atomic E-state index is 12.2. The standard InChI is InChI=1S/C15H17ClN2O2S/c16-14-12-5-2-1-4-11(12)13(10-18-14)15(20)17-6-9-21-8-3-7-19/h1-2,4-5,10,19H,3,6-9H2,(H,17,20). The molecule has 2 N–H and O–H groups in total. The Morgan fingerprint density at radius 2 is 2.05 bits per heavy atom. The van der Waals surface area contributed by atoms with Crippen LogP contribution in [-0.2, 0) is 0 Å². The molecule has 0 spiro atoms. The van der Waals surface area contributed by atoms with Crippen LogP contribution in [0.5, 0.6) is 0 Å². The van der Waals surface area contributed by atoms with Crippen molar-refractivity contribution in [3.63, 3.8) is 0 Å². The van der Waals surface area contributed by atoms with Gasteiger partial charge < -0.3 is 10.4 Å². The summed E-state index contributed by atoms with van der Waals surface area (Å²) < 4.78 is 0. The first-order valence-electron chi connectivity index (χ1n) is 6.74. The number of aliphatic hydroxyl groups excluding tert-OH is 1. The Balaban J connectivity index is 1.98. The SMILES string of the molecule is O=C(NCCSCCCO)c1cnc(Cl)c2ccccc12. The van der Waals surface area contributed by atoms with E-state index in [1.54, 1.807) is 11.8 Å². The zero-order valence-electron chi connectivity index (χ0n) is 11.5. The molecule has 0 saturated heterocycles. The molecule has 1 aromatic carbocycles. The minimum absolute atomic E-state index is 0.141. The third-order valence-electron chi connectivity index (χ3n) is 2.97. The number of aliphatic hydroxyl groups is 1. The molecule has 0 saturated carbocycles. The molecule has 2 aromatic rings. The van der Waals surface area contributed by atoms with E-state index in [1.807, 2.05) is 24.3 Å². The van der Waals surface area contributed by atoms with Gasteiger partial charge in [-0.2, -0.15) is 11.8 Å². The summed E-state index contributed by atoms with van der Waals surface area (Å²) in [5.41, 5.74) is 0.537. The fourth-order valence-electron chi connectivity index (χ4n) is 1.94. The number of pyridine rings is 1. The third-order valence-corrected chi connectivity index (χ3v) is 4.34. The number of carbonyl (C=O) groups excluding carboxylic acids is 1. The van der Waals surface area contributed by atoms with E-state index in [0.717, 1.165) is 28.7 Å². The van der Waals surface area contributed by atoms with Crippen LogP contribution in [0.15, 0.2) is 30.5 Å². The van der Waals surface area contributed by atoms with Crippen LogP contribution in [0.1, 0.15) is 16.8 Å². The lowest BCUT2D eigenvalue weighted by Gasteiger charge is -2.08. The van der Waals surface area contributed by atoms with Crippen molar-refractivity contribution in [3.8, 4) is 0 Å². The molecule has 1 amide bonds. The average molecular weight is 325 g/mol. The van der Waals surface area contributed by atoms with Gasteiger partial charge in [0.25, 0.3) is 5.91 Å². The van der Waals surface area contributed by atoms with Crippen molar-refractivity contribution in [3.05, 3.63) is 41.2 Å². The summed E-state index contributed by atoms with van der Waals surface area (Å²) in [6.45, 7) is 0.799. The van der Waals surface area contributed by atoms with Crippen molar-refractivity contribution in [2.24, 2.45) is 0 Å². The van der Waals surface area contributed by atoms with Gasteiger partial charge in [0, 0.05) is 30.5 Å². The number of carbonyl (C=O) groups is 1. The number of benzene rings is 1. The van der Waals surface area contributed by atoms with E-state index >= 15 is 0 Å². The quantitative estimate of drug-likeness (QED) is 0.607. The number of nitrogens with zero attached hydrogens (tertiary/aromatic N) is 1. The van der Waals surface area contributed by atoms with Gasteiger partial charge in [0.1, 0.15) is 5.15 Å². The van der Waals surface area contributed by atoms with Crippen molar-refractivity contribution in [2.45, 2.75) is 6.42 Å². The normalized spacial score (nSPS) is 10.8. The zero-order chi connectivity index (χ0) is 15.1. The van der Waals surface area contributed by atoms with E-state index < -0.39 is 0 Å². The van der Waals surface area contributed by atoms with E-state index in [2.05, 4.69) is 10.3 Å². The lowest BCUT2D eigenvalue weighted by molar-refractivity contribution is 0.0957. The topological polar surface area (TPSA) is 62.2 Å². The molecule has 21 heavy (non-hydrogen) atoms. The highest BCUT2D eigenvalue weighted by molar-refractivity contribution is 7.99. The minimum Gasteiger partial charge on any atom is -0.396 e. The second-order valence-corrected chi connectivity index (χ2v) is 6.04. The molecule has 4 nitrogen and oxygen atoms in total. The minimum atomic E-state index is -0.141. The molecule has 0 unspecified atom stereocenters. The molecule has 112 valence electrons. The number of amides is 1. The first-order valence-corrected chi connectivity index (χ1v) is 8.27. The fourth-order valence-corrected chi connectivity index (χ4v) is 2.94. The van der Waals surface area contributed by atoms with Gasteiger partial charge in [-0.25, -0.2) is 4.98 Å². The number of nitrogens with one attached hydrogen (secondary N) is 1. The van der Waals surface area contributed by atoms with E-state index in [1.165, 1.54) is 6.20 Å². The van der Waals surface area contributed by atoms with Gasteiger partial charge >= 0.3 is 0 Å². The van der Waals surface area contributed by atoms with Crippen LogP contribution < -0.4 is 5.32 Å².